The molecule has 0 saturated heterocycles. The summed E-state index contributed by atoms with van der Waals surface area (Å²) in [6.07, 6.45) is 3.95. The lowest BCUT2D eigenvalue weighted by atomic mass is 10.3. The van der Waals surface area contributed by atoms with Crippen molar-refractivity contribution in [3.8, 4) is 0 Å². The average molecular weight is 243 g/mol. The van der Waals surface area contributed by atoms with Gasteiger partial charge in [-0.15, -0.1) is 0 Å². The van der Waals surface area contributed by atoms with Crippen LogP contribution < -0.4 is 5.32 Å². The molecule has 1 aromatic heterocycles. The number of nitrogens with zero attached hydrogens (tertiary/aromatic N) is 2. The number of nitrogens with one attached hydrogen (secondary N) is 1. The Labute approximate surface area is 108 Å². The summed E-state index contributed by atoms with van der Waals surface area (Å²) in [5.74, 6) is 2.10. The van der Waals surface area contributed by atoms with Crippen LogP contribution in [-0.2, 0) is 13.1 Å². The monoisotopic (exact) mass is 243 g/mol. The predicted octanol–water partition coefficient (Wildman–Crippen LogP) is 2.95. The van der Waals surface area contributed by atoms with E-state index in [0.717, 1.165) is 37.5 Å². The molecule has 18 heavy (non-hydrogen) atoms. The molecule has 96 valence electrons. The van der Waals surface area contributed by atoms with Gasteiger partial charge in [0, 0.05) is 6.54 Å². The highest BCUT2D eigenvalue weighted by atomic mass is 15.1. The van der Waals surface area contributed by atoms with E-state index in [1.165, 1.54) is 24.2 Å². The normalized spacial score (nSPS) is 15.4. The Kier molecular flexibility index (Phi) is 3.33. The first kappa shape index (κ1) is 11.7. The molecule has 0 amide bonds. The molecule has 0 unspecified atom stereocenters. The van der Waals surface area contributed by atoms with Crippen molar-refractivity contribution in [1.29, 1.82) is 0 Å². The predicted molar refractivity (Wildman–Crippen MR) is 74.5 cm³/mol. The zero-order valence-electron chi connectivity index (χ0n) is 11.0. The van der Waals surface area contributed by atoms with Crippen molar-refractivity contribution < 1.29 is 0 Å². The van der Waals surface area contributed by atoms with Gasteiger partial charge in [0.25, 0.3) is 0 Å². The molecule has 1 fully saturated rings. The third-order valence-electron chi connectivity index (χ3n) is 3.59. The fraction of sp³-hybridized carbons (Fsp3) is 0.533. The van der Waals surface area contributed by atoms with Crippen molar-refractivity contribution in [2.24, 2.45) is 5.92 Å². The number of hydrogen-bond acceptors (Lipinski definition) is 2. The molecule has 2 aromatic rings. The highest BCUT2D eigenvalue weighted by Crippen LogP contribution is 2.27. The number of aryl methyl sites for hydroxylation is 1. The minimum Gasteiger partial charge on any atom is -0.327 e. The third-order valence-corrected chi connectivity index (χ3v) is 3.59. The van der Waals surface area contributed by atoms with E-state index in [-0.39, 0.29) is 0 Å². The first-order valence-electron chi connectivity index (χ1n) is 7.03. The maximum atomic E-state index is 4.75. The van der Waals surface area contributed by atoms with Crippen molar-refractivity contribution in [1.82, 2.24) is 14.9 Å². The Morgan fingerprint density at radius 1 is 1.33 bits per heavy atom. The van der Waals surface area contributed by atoms with Gasteiger partial charge in [0.2, 0.25) is 0 Å². The van der Waals surface area contributed by atoms with Crippen LogP contribution in [0.5, 0.6) is 0 Å². The van der Waals surface area contributed by atoms with Crippen molar-refractivity contribution >= 4 is 11.0 Å². The number of fused-ring (bicyclic) bond motifs is 1. The van der Waals surface area contributed by atoms with Crippen LogP contribution in [-0.4, -0.2) is 16.1 Å². The van der Waals surface area contributed by atoms with Gasteiger partial charge in [0.15, 0.2) is 0 Å². The Morgan fingerprint density at radius 3 is 2.94 bits per heavy atom. The molecule has 1 aliphatic rings. The number of para-hydroxylation sites is 2. The molecule has 3 rings (SSSR count). The summed E-state index contributed by atoms with van der Waals surface area (Å²) in [7, 11) is 0. The molecule has 1 N–H and O–H groups in total. The van der Waals surface area contributed by atoms with Crippen LogP contribution in [0, 0.1) is 5.92 Å². The Morgan fingerprint density at radius 2 is 2.17 bits per heavy atom. The summed E-state index contributed by atoms with van der Waals surface area (Å²) in [5.41, 5.74) is 2.39. The minimum atomic E-state index is 0.894. The maximum absolute atomic E-state index is 4.75. The topological polar surface area (TPSA) is 29.9 Å². The Hall–Kier alpha value is -1.35. The molecule has 0 atom stereocenters. The fourth-order valence-corrected chi connectivity index (χ4v) is 2.44. The quantitative estimate of drug-likeness (QED) is 0.845. The molecule has 0 radical (unpaired) electrons. The summed E-state index contributed by atoms with van der Waals surface area (Å²) >= 11 is 0. The number of imidazole rings is 1. The van der Waals surface area contributed by atoms with E-state index in [4.69, 9.17) is 4.98 Å². The fourth-order valence-electron chi connectivity index (χ4n) is 2.44. The third kappa shape index (κ3) is 2.41. The lowest BCUT2D eigenvalue weighted by molar-refractivity contribution is 0.579. The van der Waals surface area contributed by atoms with E-state index in [1.54, 1.807) is 0 Å². The second kappa shape index (κ2) is 5.11. The van der Waals surface area contributed by atoms with Crippen LogP contribution in [0.25, 0.3) is 11.0 Å². The smallest absolute Gasteiger partial charge is 0.123 e. The first-order valence-corrected chi connectivity index (χ1v) is 7.03. The molecule has 1 saturated carbocycles. The zero-order chi connectivity index (χ0) is 12.4. The summed E-state index contributed by atoms with van der Waals surface area (Å²) in [6.45, 7) is 5.32. The zero-order valence-corrected chi connectivity index (χ0v) is 11.0. The van der Waals surface area contributed by atoms with E-state index < -0.39 is 0 Å². The van der Waals surface area contributed by atoms with Crippen LogP contribution in [0.1, 0.15) is 32.0 Å². The van der Waals surface area contributed by atoms with Crippen LogP contribution >= 0.6 is 0 Å². The molecule has 1 aromatic carbocycles. The van der Waals surface area contributed by atoms with Crippen molar-refractivity contribution in [3.63, 3.8) is 0 Å². The van der Waals surface area contributed by atoms with Gasteiger partial charge < -0.3 is 9.88 Å². The second-order valence-corrected chi connectivity index (χ2v) is 5.24. The van der Waals surface area contributed by atoms with Crippen molar-refractivity contribution in [2.75, 3.05) is 6.54 Å². The molecule has 1 heterocycles. The summed E-state index contributed by atoms with van der Waals surface area (Å²) in [5, 5.41) is 3.54. The van der Waals surface area contributed by atoms with Crippen molar-refractivity contribution in [2.45, 2.75) is 39.3 Å². The summed E-state index contributed by atoms with van der Waals surface area (Å²) < 4.78 is 2.36. The van der Waals surface area contributed by atoms with Gasteiger partial charge in [-0.3, -0.25) is 0 Å². The van der Waals surface area contributed by atoms with Crippen LogP contribution in [0.4, 0.5) is 0 Å². The van der Waals surface area contributed by atoms with Gasteiger partial charge in [-0.2, -0.15) is 0 Å². The molecule has 0 aliphatic heterocycles. The van der Waals surface area contributed by atoms with E-state index >= 15 is 0 Å². The highest BCUT2D eigenvalue weighted by Gasteiger charge is 2.20. The molecule has 3 heteroatoms. The summed E-state index contributed by atoms with van der Waals surface area (Å²) in [4.78, 5) is 4.75. The highest BCUT2D eigenvalue weighted by molar-refractivity contribution is 5.75. The van der Waals surface area contributed by atoms with Gasteiger partial charge in [-0.25, -0.2) is 4.98 Å². The molecule has 0 bridgehead atoms. The number of hydrogen-bond donors (Lipinski definition) is 1. The number of rotatable bonds is 6. The molecule has 0 spiro atoms. The van der Waals surface area contributed by atoms with Crippen molar-refractivity contribution in [3.05, 3.63) is 30.1 Å². The largest absolute Gasteiger partial charge is 0.327 e. The Balaban J connectivity index is 1.81. The lowest BCUT2D eigenvalue weighted by Crippen LogP contribution is -2.19. The van der Waals surface area contributed by atoms with Gasteiger partial charge in [-0.1, -0.05) is 19.1 Å². The second-order valence-electron chi connectivity index (χ2n) is 5.24. The molecular formula is C15H21N3. The van der Waals surface area contributed by atoms with E-state index in [0.29, 0.717) is 0 Å². The van der Waals surface area contributed by atoms with E-state index in [9.17, 15) is 0 Å². The lowest BCUT2D eigenvalue weighted by Gasteiger charge is -2.08. The van der Waals surface area contributed by atoms with Gasteiger partial charge in [0.1, 0.15) is 5.82 Å². The van der Waals surface area contributed by atoms with Gasteiger partial charge >= 0.3 is 0 Å². The van der Waals surface area contributed by atoms with E-state index in [2.05, 4.69) is 41.1 Å². The minimum absolute atomic E-state index is 0.894. The van der Waals surface area contributed by atoms with E-state index in [1.807, 2.05) is 0 Å². The molecular weight excluding hydrogens is 222 g/mol. The average Bonchev–Trinajstić information content (AvgIpc) is 3.14. The van der Waals surface area contributed by atoms with Gasteiger partial charge in [0.05, 0.1) is 17.6 Å². The maximum Gasteiger partial charge on any atom is 0.123 e. The first-order chi connectivity index (χ1) is 8.88. The standard InChI is InChI=1S/C15H21N3/c1-2-9-18-14-6-4-3-5-13(14)17-15(18)11-16-10-12-7-8-12/h3-6,12,16H,2,7-11H2,1H3. The summed E-state index contributed by atoms with van der Waals surface area (Å²) in [6, 6.07) is 8.43. The number of benzene rings is 1. The Bertz CT molecular complexity index is 526. The SMILES string of the molecule is CCCn1c(CNCC2CC2)nc2ccccc21. The van der Waals surface area contributed by atoms with Gasteiger partial charge in [-0.05, 0) is 43.9 Å². The van der Waals surface area contributed by atoms with Crippen LogP contribution in [0.2, 0.25) is 0 Å². The number of aromatic nitrogens is 2. The molecule has 3 nitrogen and oxygen atoms in total. The van der Waals surface area contributed by atoms with Crippen LogP contribution in [0.3, 0.4) is 0 Å². The van der Waals surface area contributed by atoms with Crippen LogP contribution in [0.15, 0.2) is 24.3 Å². The molecule has 1 aliphatic carbocycles.